The van der Waals surface area contributed by atoms with Crippen LogP contribution in [0.15, 0.2) is 42.5 Å². The average molecular weight is 375 g/mol. The van der Waals surface area contributed by atoms with Gasteiger partial charge in [-0.3, -0.25) is 0 Å². The van der Waals surface area contributed by atoms with Crippen LogP contribution >= 0.6 is 0 Å². The summed E-state index contributed by atoms with van der Waals surface area (Å²) in [6.45, 7) is 3.78. The summed E-state index contributed by atoms with van der Waals surface area (Å²) in [6.07, 6.45) is 23.9. The molecule has 0 aliphatic rings. The van der Waals surface area contributed by atoms with E-state index in [0.717, 1.165) is 6.54 Å². The van der Waals surface area contributed by atoms with Crippen LogP contribution in [0.3, 0.4) is 0 Å². The Labute approximate surface area is 169 Å². The van der Waals surface area contributed by atoms with Crippen LogP contribution < -0.4 is 11.5 Å². The third kappa shape index (κ3) is 21.0. The predicted octanol–water partition coefficient (Wildman–Crippen LogP) is 7.13. The SMILES string of the molecule is CCCCCCCCC=CCCCCCCCCN.NCc1ccccc1. The predicted molar refractivity (Wildman–Crippen MR) is 123 cm³/mol. The third-order valence-corrected chi connectivity index (χ3v) is 4.79. The summed E-state index contributed by atoms with van der Waals surface area (Å²) >= 11 is 0. The van der Waals surface area contributed by atoms with Gasteiger partial charge in [-0.25, -0.2) is 0 Å². The van der Waals surface area contributed by atoms with E-state index in [-0.39, 0.29) is 0 Å². The summed E-state index contributed by atoms with van der Waals surface area (Å²) in [4.78, 5) is 0. The van der Waals surface area contributed by atoms with Crippen molar-refractivity contribution in [2.75, 3.05) is 6.54 Å². The summed E-state index contributed by atoms with van der Waals surface area (Å²) in [5, 5.41) is 0. The average Bonchev–Trinajstić information content (AvgIpc) is 2.72. The lowest BCUT2D eigenvalue weighted by Crippen LogP contribution is -1.97. The number of benzene rings is 1. The quantitative estimate of drug-likeness (QED) is 0.239. The van der Waals surface area contributed by atoms with Crippen molar-refractivity contribution in [3.8, 4) is 0 Å². The molecule has 0 saturated heterocycles. The second-order valence-corrected chi connectivity index (χ2v) is 7.42. The van der Waals surface area contributed by atoms with E-state index in [1.165, 1.54) is 95.5 Å². The molecule has 0 aliphatic heterocycles. The molecule has 0 unspecified atom stereocenters. The molecule has 0 aliphatic carbocycles. The first kappa shape index (κ1) is 25.9. The minimum atomic E-state index is 0.640. The fourth-order valence-electron chi connectivity index (χ4n) is 3.01. The molecule has 27 heavy (non-hydrogen) atoms. The number of rotatable bonds is 16. The molecule has 0 spiro atoms. The van der Waals surface area contributed by atoms with Crippen LogP contribution in [0, 0.1) is 0 Å². The third-order valence-electron chi connectivity index (χ3n) is 4.79. The fourth-order valence-corrected chi connectivity index (χ4v) is 3.01. The lowest BCUT2D eigenvalue weighted by atomic mass is 10.1. The number of unbranched alkanes of at least 4 members (excludes halogenated alkanes) is 12. The first-order valence-electron chi connectivity index (χ1n) is 11.4. The van der Waals surface area contributed by atoms with Crippen molar-refractivity contribution >= 4 is 0 Å². The Morgan fingerprint density at radius 1 is 0.630 bits per heavy atom. The van der Waals surface area contributed by atoms with Crippen molar-refractivity contribution in [2.24, 2.45) is 11.5 Å². The summed E-state index contributed by atoms with van der Waals surface area (Å²) in [6, 6.07) is 9.99. The van der Waals surface area contributed by atoms with Gasteiger partial charge in [-0.15, -0.1) is 0 Å². The van der Waals surface area contributed by atoms with Gasteiger partial charge in [-0.05, 0) is 44.2 Å². The Kier molecular flexibility index (Phi) is 22.0. The Morgan fingerprint density at radius 2 is 1.11 bits per heavy atom. The van der Waals surface area contributed by atoms with E-state index in [9.17, 15) is 0 Å². The van der Waals surface area contributed by atoms with E-state index in [4.69, 9.17) is 11.5 Å². The Balaban J connectivity index is 0.000000694. The smallest absolute Gasteiger partial charge is 0.0178 e. The Hall–Kier alpha value is -1.12. The molecule has 1 aromatic rings. The topological polar surface area (TPSA) is 52.0 Å². The van der Waals surface area contributed by atoms with Crippen LogP contribution in [0.4, 0.5) is 0 Å². The second kappa shape index (κ2) is 22.9. The van der Waals surface area contributed by atoms with E-state index in [1.807, 2.05) is 30.3 Å². The van der Waals surface area contributed by atoms with Crippen molar-refractivity contribution in [1.82, 2.24) is 0 Å². The zero-order chi connectivity index (χ0) is 19.8. The molecule has 1 aromatic carbocycles. The molecule has 2 nitrogen and oxygen atoms in total. The van der Waals surface area contributed by atoms with Gasteiger partial charge in [0.15, 0.2) is 0 Å². The molecule has 4 N–H and O–H groups in total. The van der Waals surface area contributed by atoms with Gasteiger partial charge in [0.25, 0.3) is 0 Å². The maximum Gasteiger partial charge on any atom is 0.0178 e. The molecule has 0 aromatic heterocycles. The summed E-state index contributed by atoms with van der Waals surface area (Å²) in [5.41, 5.74) is 12.0. The largest absolute Gasteiger partial charge is 0.330 e. The van der Waals surface area contributed by atoms with E-state index >= 15 is 0 Å². The number of hydrogen-bond acceptors (Lipinski definition) is 2. The molecule has 0 fully saturated rings. The van der Waals surface area contributed by atoms with Gasteiger partial charge < -0.3 is 11.5 Å². The van der Waals surface area contributed by atoms with Gasteiger partial charge in [0.2, 0.25) is 0 Å². The van der Waals surface area contributed by atoms with Gasteiger partial charge in [0, 0.05) is 6.54 Å². The highest BCUT2D eigenvalue weighted by Gasteiger charge is 1.90. The molecular formula is C25H46N2. The van der Waals surface area contributed by atoms with E-state index in [1.54, 1.807) is 0 Å². The van der Waals surface area contributed by atoms with Crippen LogP contribution in [-0.4, -0.2) is 6.54 Å². The Bertz CT molecular complexity index is 400. The van der Waals surface area contributed by atoms with Gasteiger partial charge >= 0.3 is 0 Å². The van der Waals surface area contributed by atoms with Crippen LogP contribution in [0.5, 0.6) is 0 Å². The second-order valence-electron chi connectivity index (χ2n) is 7.42. The molecule has 156 valence electrons. The minimum absolute atomic E-state index is 0.640. The van der Waals surface area contributed by atoms with E-state index in [0.29, 0.717) is 6.54 Å². The van der Waals surface area contributed by atoms with Crippen molar-refractivity contribution in [2.45, 2.75) is 103 Å². The first-order valence-corrected chi connectivity index (χ1v) is 11.4. The molecule has 0 radical (unpaired) electrons. The van der Waals surface area contributed by atoms with Crippen molar-refractivity contribution in [3.63, 3.8) is 0 Å². The van der Waals surface area contributed by atoms with Crippen molar-refractivity contribution in [1.29, 1.82) is 0 Å². The van der Waals surface area contributed by atoms with Gasteiger partial charge in [-0.1, -0.05) is 107 Å². The molecule has 0 amide bonds. The highest BCUT2D eigenvalue weighted by molar-refractivity contribution is 5.13. The number of allylic oxidation sites excluding steroid dienone is 2. The van der Waals surface area contributed by atoms with Crippen LogP contribution in [0.25, 0.3) is 0 Å². The van der Waals surface area contributed by atoms with E-state index < -0.39 is 0 Å². The van der Waals surface area contributed by atoms with Gasteiger partial charge in [-0.2, -0.15) is 0 Å². The first-order chi connectivity index (χ1) is 13.3. The minimum Gasteiger partial charge on any atom is -0.330 e. The molecular weight excluding hydrogens is 328 g/mol. The van der Waals surface area contributed by atoms with Gasteiger partial charge in [0.1, 0.15) is 0 Å². The molecule has 0 bridgehead atoms. The van der Waals surface area contributed by atoms with Crippen LogP contribution in [0.2, 0.25) is 0 Å². The maximum absolute atomic E-state index is 5.47. The molecule has 1 rings (SSSR count). The Morgan fingerprint density at radius 3 is 1.56 bits per heavy atom. The van der Waals surface area contributed by atoms with E-state index in [2.05, 4.69) is 19.1 Å². The lowest BCUT2D eigenvalue weighted by Gasteiger charge is -1.99. The molecule has 0 saturated carbocycles. The lowest BCUT2D eigenvalue weighted by molar-refractivity contribution is 0.599. The standard InChI is InChI=1S/C18H37N.C7H9N/c1-2-3-4-5-6-7-8-9-10-11-12-13-14-15-16-17-18-19;8-6-7-4-2-1-3-5-7/h9-10H,2-8,11-19H2,1H3;1-5H,6,8H2. The van der Waals surface area contributed by atoms with Crippen LogP contribution in [0.1, 0.15) is 102 Å². The number of hydrogen-bond donors (Lipinski definition) is 2. The summed E-state index contributed by atoms with van der Waals surface area (Å²) in [7, 11) is 0. The monoisotopic (exact) mass is 374 g/mol. The summed E-state index contributed by atoms with van der Waals surface area (Å²) < 4.78 is 0. The van der Waals surface area contributed by atoms with Crippen LogP contribution in [-0.2, 0) is 6.54 Å². The van der Waals surface area contributed by atoms with Crippen molar-refractivity contribution < 1.29 is 0 Å². The highest BCUT2D eigenvalue weighted by Crippen LogP contribution is 2.09. The maximum atomic E-state index is 5.47. The zero-order valence-corrected chi connectivity index (χ0v) is 18.0. The molecule has 0 heterocycles. The number of nitrogens with two attached hydrogens (primary N) is 2. The normalized spacial score (nSPS) is 10.8. The van der Waals surface area contributed by atoms with Crippen molar-refractivity contribution in [3.05, 3.63) is 48.0 Å². The van der Waals surface area contributed by atoms with Gasteiger partial charge in [0.05, 0.1) is 0 Å². The molecule has 2 heteroatoms. The summed E-state index contributed by atoms with van der Waals surface area (Å²) in [5.74, 6) is 0. The zero-order valence-electron chi connectivity index (χ0n) is 18.0. The fraction of sp³-hybridized carbons (Fsp3) is 0.680. The highest BCUT2D eigenvalue weighted by atomic mass is 14.5. The molecule has 0 atom stereocenters.